The number of amides is 1. The lowest BCUT2D eigenvalue weighted by molar-refractivity contribution is 0.0643. The van der Waals surface area contributed by atoms with Crippen molar-refractivity contribution in [2.45, 2.75) is 32.9 Å². The maximum atomic E-state index is 12.5. The first-order valence-corrected chi connectivity index (χ1v) is 7.88. The summed E-state index contributed by atoms with van der Waals surface area (Å²) < 4.78 is 5.50. The molecule has 2 N–H and O–H groups in total. The number of rotatable bonds is 5. The van der Waals surface area contributed by atoms with Gasteiger partial charge in [-0.15, -0.1) is 0 Å². The number of carbonyl (C=O) groups excluding carboxylic acids is 1. The van der Waals surface area contributed by atoms with Gasteiger partial charge in [0.05, 0.1) is 11.7 Å². The predicted octanol–water partition coefficient (Wildman–Crippen LogP) is 2.55. The van der Waals surface area contributed by atoms with Gasteiger partial charge in [-0.1, -0.05) is 23.7 Å². The number of hydrogen-bond donors (Lipinski definition) is 2. The summed E-state index contributed by atoms with van der Waals surface area (Å²) >= 11 is 5.90. The first kappa shape index (κ1) is 18.2. The summed E-state index contributed by atoms with van der Waals surface area (Å²) in [6, 6.07) is 6.86. The fraction of sp³-hybridized carbons (Fsp3) is 0.353. The quantitative estimate of drug-likeness (QED) is 0.868. The van der Waals surface area contributed by atoms with Gasteiger partial charge in [-0.3, -0.25) is 9.59 Å². The highest BCUT2D eigenvalue weighted by molar-refractivity contribution is 6.30. The molecule has 0 radical (unpaired) electrons. The van der Waals surface area contributed by atoms with Crippen LogP contribution in [0.25, 0.3) is 0 Å². The van der Waals surface area contributed by atoms with Crippen molar-refractivity contribution in [3.8, 4) is 0 Å². The van der Waals surface area contributed by atoms with E-state index in [2.05, 4.69) is 15.5 Å². The molecule has 0 saturated heterocycles. The summed E-state index contributed by atoms with van der Waals surface area (Å²) in [5.41, 5.74) is 1.60. The summed E-state index contributed by atoms with van der Waals surface area (Å²) in [6.07, 6.45) is -0.367. The largest absolute Gasteiger partial charge is 0.375 e. The molecule has 0 aliphatic carbocycles. The van der Waals surface area contributed by atoms with Crippen LogP contribution in [0.2, 0.25) is 5.02 Å². The van der Waals surface area contributed by atoms with Crippen molar-refractivity contribution in [1.29, 1.82) is 0 Å². The van der Waals surface area contributed by atoms with Gasteiger partial charge < -0.3 is 10.1 Å². The van der Waals surface area contributed by atoms with E-state index in [4.69, 9.17) is 16.3 Å². The zero-order valence-corrected chi connectivity index (χ0v) is 14.8. The van der Waals surface area contributed by atoms with E-state index in [9.17, 15) is 9.59 Å². The van der Waals surface area contributed by atoms with Gasteiger partial charge in [0.15, 0.2) is 0 Å². The highest BCUT2D eigenvalue weighted by atomic mass is 35.5. The number of nitrogens with zero attached hydrogens (tertiary/aromatic N) is 1. The predicted molar refractivity (Wildman–Crippen MR) is 92.5 cm³/mol. The molecule has 0 fully saturated rings. The molecule has 1 heterocycles. The van der Waals surface area contributed by atoms with Crippen LogP contribution in [0.15, 0.2) is 29.1 Å². The number of aromatic amines is 1. The molecule has 2 atom stereocenters. The van der Waals surface area contributed by atoms with E-state index in [1.165, 1.54) is 0 Å². The Morgan fingerprint density at radius 1 is 1.29 bits per heavy atom. The van der Waals surface area contributed by atoms with Gasteiger partial charge in [-0.25, -0.2) is 5.10 Å². The third-order valence-corrected chi connectivity index (χ3v) is 4.21. The average molecular weight is 350 g/mol. The summed E-state index contributed by atoms with van der Waals surface area (Å²) in [5, 5.41) is 9.63. The lowest BCUT2D eigenvalue weighted by Crippen LogP contribution is -2.40. The van der Waals surface area contributed by atoms with Crippen LogP contribution in [0.5, 0.6) is 0 Å². The van der Waals surface area contributed by atoms with E-state index >= 15 is 0 Å². The molecule has 6 nitrogen and oxygen atoms in total. The standard InChI is InChI=1S/C17H20ClN3O3/c1-9-10(2)20-21-17(23)14(9)16(22)19-11(3)15(24-4)12-5-7-13(18)8-6-12/h5-8,11,15H,1-4H3,(H,19,22)(H,21,23)/t11-,15-/m0/s1. The molecule has 2 rings (SSSR count). The Balaban J connectivity index is 2.23. The normalized spacial score (nSPS) is 13.4. The molecule has 0 spiro atoms. The van der Waals surface area contributed by atoms with Crippen molar-refractivity contribution < 1.29 is 9.53 Å². The number of hydrogen-bond acceptors (Lipinski definition) is 4. The zero-order chi connectivity index (χ0) is 17.9. The minimum atomic E-state index is -0.511. The SMILES string of the molecule is CO[C@H](c1ccc(Cl)cc1)[C@H](C)NC(=O)c1c(C)c(C)n[nH]c1=O. The van der Waals surface area contributed by atoms with Gasteiger partial charge in [-0.2, -0.15) is 5.10 Å². The van der Waals surface area contributed by atoms with E-state index in [-0.39, 0.29) is 17.7 Å². The Morgan fingerprint density at radius 3 is 2.50 bits per heavy atom. The third kappa shape index (κ3) is 3.83. The van der Waals surface area contributed by atoms with E-state index < -0.39 is 11.5 Å². The molecule has 128 valence electrons. The minimum absolute atomic E-state index is 0.0697. The number of benzene rings is 1. The molecule has 7 heteroatoms. The number of carbonyl (C=O) groups is 1. The van der Waals surface area contributed by atoms with Crippen molar-refractivity contribution in [1.82, 2.24) is 15.5 Å². The molecule has 1 aromatic carbocycles. The minimum Gasteiger partial charge on any atom is -0.375 e. The van der Waals surface area contributed by atoms with E-state index in [1.807, 2.05) is 19.1 Å². The summed E-state index contributed by atoms with van der Waals surface area (Å²) in [4.78, 5) is 24.5. The van der Waals surface area contributed by atoms with Crippen LogP contribution in [-0.4, -0.2) is 29.3 Å². The first-order valence-electron chi connectivity index (χ1n) is 7.50. The number of ether oxygens (including phenoxy) is 1. The molecule has 0 unspecified atom stereocenters. The molecular weight excluding hydrogens is 330 g/mol. The van der Waals surface area contributed by atoms with Crippen molar-refractivity contribution >= 4 is 17.5 Å². The summed E-state index contributed by atoms with van der Waals surface area (Å²) in [5.74, 6) is -0.456. The molecule has 24 heavy (non-hydrogen) atoms. The number of methoxy groups -OCH3 is 1. The molecular formula is C17H20ClN3O3. The van der Waals surface area contributed by atoms with Crippen molar-refractivity contribution in [2.24, 2.45) is 0 Å². The Bertz CT molecular complexity index is 787. The monoisotopic (exact) mass is 349 g/mol. The van der Waals surface area contributed by atoms with E-state index in [1.54, 1.807) is 33.1 Å². The smallest absolute Gasteiger partial charge is 0.277 e. The highest BCUT2D eigenvalue weighted by Gasteiger charge is 2.24. The van der Waals surface area contributed by atoms with Gasteiger partial charge in [-0.05, 0) is 44.0 Å². The lowest BCUT2D eigenvalue weighted by atomic mass is 10.0. The second kappa shape index (κ2) is 7.59. The average Bonchev–Trinajstić information content (AvgIpc) is 2.54. The highest BCUT2D eigenvalue weighted by Crippen LogP contribution is 2.22. The van der Waals surface area contributed by atoms with Crippen LogP contribution in [0.3, 0.4) is 0 Å². The molecule has 1 aromatic heterocycles. The van der Waals surface area contributed by atoms with Gasteiger partial charge in [0.2, 0.25) is 0 Å². The Hall–Kier alpha value is -2.18. The topological polar surface area (TPSA) is 84.1 Å². The van der Waals surface area contributed by atoms with Crippen LogP contribution in [0, 0.1) is 13.8 Å². The van der Waals surface area contributed by atoms with Crippen LogP contribution < -0.4 is 10.9 Å². The summed E-state index contributed by atoms with van der Waals surface area (Å²) in [7, 11) is 1.57. The van der Waals surface area contributed by atoms with E-state index in [0.717, 1.165) is 5.56 Å². The Morgan fingerprint density at radius 2 is 1.92 bits per heavy atom. The maximum Gasteiger partial charge on any atom is 0.277 e. The van der Waals surface area contributed by atoms with Crippen molar-refractivity contribution in [3.05, 3.63) is 62.0 Å². The number of H-pyrrole nitrogens is 1. The molecule has 1 amide bonds. The molecule has 2 aromatic rings. The van der Waals surface area contributed by atoms with Crippen molar-refractivity contribution in [3.63, 3.8) is 0 Å². The van der Waals surface area contributed by atoms with Gasteiger partial charge in [0.1, 0.15) is 11.7 Å². The fourth-order valence-electron chi connectivity index (χ4n) is 2.53. The van der Waals surface area contributed by atoms with Gasteiger partial charge in [0.25, 0.3) is 11.5 Å². The number of aryl methyl sites for hydroxylation is 1. The van der Waals surface area contributed by atoms with Gasteiger partial charge in [0, 0.05) is 12.1 Å². The Kier molecular flexibility index (Phi) is 5.75. The second-order valence-electron chi connectivity index (χ2n) is 5.61. The number of aromatic nitrogens is 2. The van der Waals surface area contributed by atoms with Crippen LogP contribution in [0.1, 0.15) is 40.2 Å². The zero-order valence-electron chi connectivity index (χ0n) is 14.0. The summed E-state index contributed by atoms with van der Waals surface area (Å²) in [6.45, 7) is 5.25. The molecule has 0 saturated carbocycles. The molecule has 0 bridgehead atoms. The molecule has 0 aliphatic rings. The Labute approximate surface area is 145 Å². The van der Waals surface area contributed by atoms with E-state index in [0.29, 0.717) is 16.3 Å². The number of halogens is 1. The fourth-order valence-corrected chi connectivity index (χ4v) is 2.66. The van der Waals surface area contributed by atoms with Crippen LogP contribution in [-0.2, 0) is 4.74 Å². The van der Waals surface area contributed by atoms with Crippen LogP contribution >= 0.6 is 11.6 Å². The second-order valence-corrected chi connectivity index (χ2v) is 6.04. The number of nitrogens with one attached hydrogen (secondary N) is 2. The first-order chi connectivity index (χ1) is 11.3. The molecule has 0 aliphatic heterocycles. The van der Waals surface area contributed by atoms with Crippen molar-refractivity contribution in [2.75, 3.05) is 7.11 Å². The lowest BCUT2D eigenvalue weighted by Gasteiger charge is -2.24. The third-order valence-electron chi connectivity index (χ3n) is 3.96. The van der Waals surface area contributed by atoms with Gasteiger partial charge >= 0.3 is 0 Å². The maximum absolute atomic E-state index is 12.5. The van der Waals surface area contributed by atoms with Crippen LogP contribution in [0.4, 0.5) is 0 Å².